The molecule has 6 heteroatoms. The van der Waals surface area contributed by atoms with Crippen LogP contribution in [0.4, 0.5) is 0 Å². The monoisotopic (exact) mass is 288 g/mol. The number of carbonyl (C=O) groups excluding carboxylic acids is 2. The third-order valence-corrected chi connectivity index (χ3v) is 3.53. The summed E-state index contributed by atoms with van der Waals surface area (Å²) in [7, 11) is 0. The number of rotatable bonds is 6. The molecule has 0 aromatic heterocycles. The molecule has 0 unspecified atom stereocenters. The first kappa shape index (κ1) is 14.8. The predicted molar refractivity (Wildman–Crippen MR) is 76.3 cm³/mol. The predicted octanol–water partition coefficient (Wildman–Crippen LogP) is 0.780. The summed E-state index contributed by atoms with van der Waals surface area (Å²) in [6, 6.07) is 6.49. The number of hydrogen-bond donors (Lipinski definition) is 3. The van der Waals surface area contributed by atoms with E-state index in [0.29, 0.717) is 18.4 Å². The van der Waals surface area contributed by atoms with Crippen LogP contribution in [0.1, 0.15) is 28.8 Å². The molecular formula is C15H16N2O4. The molecule has 2 amide bonds. The Bertz CT molecular complexity index is 601. The molecule has 1 aliphatic carbocycles. The van der Waals surface area contributed by atoms with Gasteiger partial charge in [0.05, 0.1) is 5.41 Å². The third-order valence-electron chi connectivity index (χ3n) is 3.53. The Hall–Kier alpha value is -2.63. The molecule has 6 nitrogen and oxygen atoms in total. The number of nitrogens with two attached hydrogens (primary N) is 1. The molecule has 21 heavy (non-hydrogen) atoms. The lowest BCUT2D eigenvalue weighted by atomic mass is 10.1. The van der Waals surface area contributed by atoms with Gasteiger partial charge >= 0.3 is 5.97 Å². The number of carboxylic acids is 1. The number of hydrogen-bond acceptors (Lipinski definition) is 3. The van der Waals surface area contributed by atoms with Gasteiger partial charge in [0.2, 0.25) is 11.8 Å². The highest BCUT2D eigenvalue weighted by molar-refractivity contribution is 5.94. The summed E-state index contributed by atoms with van der Waals surface area (Å²) >= 11 is 0. The molecule has 2 rings (SSSR count). The van der Waals surface area contributed by atoms with Crippen LogP contribution in [0.5, 0.6) is 0 Å². The summed E-state index contributed by atoms with van der Waals surface area (Å²) in [6.45, 7) is 0.145. The molecule has 4 N–H and O–H groups in total. The fourth-order valence-electron chi connectivity index (χ4n) is 1.86. The Balaban J connectivity index is 1.87. The maximum absolute atomic E-state index is 11.6. The van der Waals surface area contributed by atoms with Crippen molar-refractivity contribution in [3.8, 4) is 0 Å². The molecule has 1 saturated carbocycles. The lowest BCUT2D eigenvalue weighted by molar-refractivity contribution is -0.143. The van der Waals surface area contributed by atoms with Crippen LogP contribution in [-0.4, -0.2) is 29.4 Å². The summed E-state index contributed by atoms with van der Waals surface area (Å²) < 4.78 is 0. The van der Waals surface area contributed by atoms with Crippen LogP contribution in [-0.2, 0) is 9.59 Å². The summed E-state index contributed by atoms with van der Waals surface area (Å²) in [5, 5.41) is 11.6. The number of nitrogens with one attached hydrogen (secondary N) is 1. The Morgan fingerprint density at radius 3 is 2.33 bits per heavy atom. The number of amides is 2. The highest BCUT2D eigenvalue weighted by Gasteiger charge is 2.50. The van der Waals surface area contributed by atoms with Gasteiger partial charge in [0, 0.05) is 18.2 Å². The van der Waals surface area contributed by atoms with Crippen molar-refractivity contribution < 1.29 is 19.5 Å². The van der Waals surface area contributed by atoms with E-state index in [0.717, 1.165) is 5.56 Å². The van der Waals surface area contributed by atoms with Crippen LogP contribution < -0.4 is 11.1 Å². The van der Waals surface area contributed by atoms with Crippen LogP contribution in [0.2, 0.25) is 0 Å². The van der Waals surface area contributed by atoms with Crippen LogP contribution in [0.25, 0.3) is 6.08 Å². The normalized spacial score (nSPS) is 15.6. The van der Waals surface area contributed by atoms with Crippen molar-refractivity contribution in [1.29, 1.82) is 0 Å². The average molecular weight is 288 g/mol. The Labute approximate surface area is 121 Å². The summed E-state index contributed by atoms with van der Waals surface area (Å²) in [5.74, 6) is -1.72. The zero-order chi connectivity index (χ0) is 15.5. The first-order valence-electron chi connectivity index (χ1n) is 6.52. The minimum Gasteiger partial charge on any atom is -0.481 e. The molecular weight excluding hydrogens is 272 g/mol. The van der Waals surface area contributed by atoms with Crippen LogP contribution >= 0.6 is 0 Å². The second kappa shape index (κ2) is 5.78. The van der Waals surface area contributed by atoms with E-state index in [9.17, 15) is 14.4 Å². The van der Waals surface area contributed by atoms with Crippen molar-refractivity contribution >= 4 is 23.9 Å². The largest absolute Gasteiger partial charge is 0.481 e. The van der Waals surface area contributed by atoms with E-state index >= 15 is 0 Å². The van der Waals surface area contributed by atoms with Gasteiger partial charge in [-0.15, -0.1) is 0 Å². The van der Waals surface area contributed by atoms with Crippen molar-refractivity contribution in [3.05, 3.63) is 41.5 Å². The van der Waals surface area contributed by atoms with Crippen molar-refractivity contribution in [2.75, 3.05) is 6.54 Å². The van der Waals surface area contributed by atoms with Crippen LogP contribution in [0, 0.1) is 5.41 Å². The van der Waals surface area contributed by atoms with E-state index in [2.05, 4.69) is 5.32 Å². The van der Waals surface area contributed by atoms with E-state index in [1.54, 1.807) is 30.3 Å². The van der Waals surface area contributed by atoms with Crippen molar-refractivity contribution in [2.45, 2.75) is 12.8 Å². The molecule has 0 heterocycles. The Kier molecular flexibility index (Phi) is 4.07. The summed E-state index contributed by atoms with van der Waals surface area (Å²) in [6.07, 6.45) is 4.11. The number of carboxylic acid groups (broad SMARTS) is 1. The van der Waals surface area contributed by atoms with Gasteiger partial charge in [-0.3, -0.25) is 14.4 Å². The van der Waals surface area contributed by atoms with E-state index in [1.165, 1.54) is 6.08 Å². The standard InChI is InChI=1S/C15H16N2O4/c16-13(19)11-4-1-10(2-5-11)3-6-12(18)17-9-15(7-8-15)14(20)21/h1-6H,7-9H2,(H2,16,19)(H,17,18)(H,20,21)/b6-3+. The highest BCUT2D eigenvalue weighted by Crippen LogP contribution is 2.45. The molecule has 1 aromatic rings. The molecule has 1 aromatic carbocycles. The van der Waals surface area contributed by atoms with Gasteiger partial charge in [-0.25, -0.2) is 0 Å². The van der Waals surface area contributed by atoms with E-state index in [-0.39, 0.29) is 12.5 Å². The molecule has 0 radical (unpaired) electrons. The first-order chi connectivity index (χ1) is 9.93. The zero-order valence-electron chi connectivity index (χ0n) is 11.3. The van der Waals surface area contributed by atoms with Gasteiger partial charge in [0.25, 0.3) is 0 Å². The van der Waals surface area contributed by atoms with Gasteiger partial charge in [-0.2, -0.15) is 0 Å². The second-order valence-corrected chi connectivity index (χ2v) is 5.12. The van der Waals surface area contributed by atoms with Gasteiger partial charge < -0.3 is 16.2 Å². The first-order valence-corrected chi connectivity index (χ1v) is 6.52. The molecule has 110 valence electrons. The fraction of sp³-hybridized carbons (Fsp3) is 0.267. The number of aliphatic carboxylic acids is 1. The lowest BCUT2D eigenvalue weighted by Gasteiger charge is -2.09. The van der Waals surface area contributed by atoms with E-state index in [1.807, 2.05) is 0 Å². The minimum absolute atomic E-state index is 0.145. The highest BCUT2D eigenvalue weighted by atomic mass is 16.4. The quantitative estimate of drug-likeness (QED) is 0.672. The zero-order valence-corrected chi connectivity index (χ0v) is 11.3. The molecule has 1 fully saturated rings. The van der Waals surface area contributed by atoms with Crippen LogP contribution in [0.15, 0.2) is 30.3 Å². The van der Waals surface area contributed by atoms with Gasteiger partial charge in [-0.1, -0.05) is 12.1 Å². The van der Waals surface area contributed by atoms with Gasteiger partial charge in [0.15, 0.2) is 0 Å². The maximum Gasteiger partial charge on any atom is 0.311 e. The smallest absolute Gasteiger partial charge is 0.311 e. The second-order valence-electron chi connectivity index (χ2n) is 5.12. The number of benzene rings is 1. The van der Waals surface area contributed by atoms with Crippen molar-refractivity contribution in [2.24, 2.45) is 11.1 Å². The summed E-state index contributed by atoms with van der Waals surface area (Å²) in [4.78, 5) is 33.5. The van der Waals surface area contributed by atoms with Crippen molar-refractivity contribution in [3.63, 3.8) is 0 Å². The number of carbonyl (C=O) groups is 3. The molecule has 0 aliphatic heterocycles. The Morgan fingerprint density at radius 1 is 1.24 bits per heavy atom. The van der Waals surface area contributed by atoms with Gasteiger partial charge in [0.1, 0.15) is 0 Å². The molecule has 0 spiro atoms. The summed E-state index contributed by atoms with van der Waals surface area (Å²) in [5.41, 5.74) is 5.50. The topological polar surface area (TPSA) is 109 Å². The molecule has 1 aliphatic rings. The Morgan fingerprint density at radius 2 is 1.86 bits per heavy atom. The van der Waals surface area contributed by atoms with E-state index < -0.39 is 17.3 Å². The fourth-order valence-corrected chi connectivity index (χ4v) is 1.86. The van der Waals surface area contributed by atoms with E-state index in [4.69, 9.17) is 10.8 Å². The third kappa shape index (κ3) is 3.68. The SMILES string of the molecule is NC(=O)c1ccc(/C=C/C(=O)NCC2(C(=O)O)CC2)cc1. The molecule has 0 saturated heterocycles. The van der Waals surface area contributed by atoms with Crippen molar-refractivity contribution in [1.82, 2.24) is 5.32 Å². The maximum atomic E-state index is 11.6. The van der Waals surface area contributed by atoms with Crippen LogP contribution in [0.3, 0.4) is 0 Å². The lowest BCUT2D eigenvalue weighted by Crippen LogP contribution is -2.33. The average Bonchev–Trinajstić information content (AvgIpc) is 3.24. The minimum atomic E-state index is -0.867. The number of primary amides is 1. The molecule has 0 atom stereocenters. The van der Waals surface area contributed by atoms with Gasteiger partial charge in [-0.05, 0) is 36.6 Å². The molecule has 0 bridgehead atoms.